The number of aryl methyl sites for hydroxylation is 1. The Morgan fingerprint density at radius 3 is 2.89 bits per heavy atom. The van der Waals surface area contributed by atoms with E-state index in [0.29, 0.717) is 13.1 Å². The zero-order valence-electron chi connectivity index (χ0n) is 11.6. The van der Waals surface area contributed by atoms with Crippen LogP contribution in [0, 0.1) is 6.92 Å². The second-order valence-electron chi connectivity index (χ2n) is 4.03. The van der Waals surface area contributed by atoms with E-state index in [1.807, 2.05) is 25.1 Å². The molecule has 4 nitrogen and oxygen atoms in total. The van der Waals surface area contributed by atoms with E-state index in [4.69, 9.17) is 0 Å². The average molecular weight is 374 g/mol. The van der Waals surface area contributed by atoms with Gasteiger partial charge in [-0.05, 0) is 25.0 Å². The van der Waals surface area contributed by atoms with Gasteiger partial charge in [-0.25, -0.2) is 4.99 Å². The van der Waals surface area contributed by atoms with Gasteiger partial charge in [-0.2, -0.15) is 0 Å². The van der Waals surface area contributed by atoms with Crippen molar-refractivity contribution in [3.05, 3.63) is 42.2 Å². The molecule has 0 amide bonds. The van der Waals surface area contributed by atoms with Crippen LogP contribution in [0.25, 0.3) is 0 Å². The van der Waals surface area contributed by atoms with E-state index in [-0.39, 0.29) is 24.0 Å². The molecule has 2 N–H and O–H groups in total. The maximum Gasteiger partial charge on any atom is 0.191 e. The Balaban J connectivity index is 0.00000324. The number of rotatable bonds is 6. The van der Waals surface area contributed by atoms with Gasteiger partial charge in [0.1, 0.15) is 0 Å². The van der Waals surface area contributed by atoms with E-state index in [9.17, 15) is 0 Å². The maximum absolute atomic E-state index is 4.51. The molecular formula is C14H23IN4. The molecule has 1 aromatic heterocycles. The Hall–Kier alpha value is -1.11. The van der Waals surface area contributed by atoms with Gasteiger partial charge in [0.2, 0.25) is 0 Å². The van der Waals surface area contributed by atoms with Crippen LogP contribution in [-0.2, 0) is 6.54 Å². The first-order valence-corrected chi connectivity index (χ1v) is 6.31. The number of nitrogens with zero attached hydrogens (tertiary/aromatic N) is 2. The molecule has 0 aliphatic heterocycles. The van der Waals surface area contributed by atoms with Crippen molar-refractivity contribution in [2.45, 2.75) is 26.8 Å². The summed E-state index contributed by atoms with van der Waals surface area (Å²) in [5.74, 6) is 0.807. The van der Waals surface area contributed by atoms with Gasteiger partial charge >= 0.3 is 0 Å². The highest BCUT2D eigenvalue weighted by atomic mass is 127. The molecule has 0 unspecified atom stereocenters. The van der Waals surface area contributed by atoms with Crippen LogP contribution in [0.1, 0.15) is 24.6 Å². The molecule has 0 fully saturated rings. The van der Waals surface area contributed by atoms with Crippen molar-refractivity contribution in [1.82, 2.24) is 15.6 Å². The monoisotopic (exact) mass is 374 g/mol. The summed E-state index contributed by atoms with van der Waals surface area (Å²) in [7, 11) is 0. The smallest absolute Gasteiger partial charge is 0.191 e. The first kappa shape index (κ1) is 17.9. The van der Waals surface area contributed by atoms with Crippen molar-refractivity contribution in [1.29, 1.82) is 0 Å². The third-order valence-electron chi connectivity index (χ3n) is 2.46. The van der Waals surface area contributed by atoms with Gasteiger partial charge < -0.3 is 10.6 Å². The van der Waals surface area contributed by atoms with Crippen LogP contribution in [0.5, 0.6) is 0 Å². The number of guanidine groups is 1. The number of halogens is 1. The van der Waals surface area contributed by atoms with E-state index < -0.39 is 0 Å². The number of hydrogen-bond acceptors (Lipinski definition) is 2. The van der Waals surface area contributed by atoms with Gasteiger partial charge in [-0.1, -0.05) is 19.1 Å². The minimum Gasteiger partial charge on any atom is -0.356 e. The van der Waals surface area contributed by atoms with Crippen LogP contribution in [0.15, 0.2) is 36.0 Å². The molecule has 0 aromatic carbocycles. The zero-order chi connectivity index (χ0) is 13.2. The van der Waals surface area contributed by atoms with Crippen LogP contribution in [0.4, 0.5) is 0 Å². The van der Waals surface area contributed by atoms with E-state index >= 15 is 0 Å². The number of aliphatic imine (C=N–C) groups is 1. The molecule has 0 atom stereocenters. The fourth-order valence-electron chi connectivity index (χ4n) is 1.42. The summed E-state index contributed by atoms with van der Waals surface area (Å²) < 4.78 is 0. The molecule has 19 heavy (non-hydrogen) atoms. The Labute approximate surface area is 132 Å². The topological polar surface area (TPSA) is 49.3 Å². The fraction of sp³-hybridized carbons (Fsp3) is 0.429. The van der Waals surface area contributed by atoms with Crippen LogP contribution in [0.3, 0.4) is 0 Å². The SMILES string of the molecule is C=CCNC(=NCc1ncccc1C)NCCC.I. The van der Waals surface area contributed by atoms with Crippen molar-refractivity contribution >= 4 is 29.9 Å². The first-order chi connectivity index (χ1) is 8.77. The van der Waals surface area contributed by atoms with Gasteiger partial charge in [0, 0.05) is 19.3 Å². The van der Waals surface area contributed by atoms with E-state index in [2.05, 4.69) is 34.1 Å². The molecule has 1 heterocycles. The Bertz CT molecular complexity index is 404. The Kier molecular flexibility index (Phi) is 10.1. The second-order valence-corrected chi connectivity index (χ2v) is 4.03. The summed E-state index contributed by atoms with van der Waals surface area (Å²) in [6, 6.07) is 3.99. The molecule has 0 aliphatic carbocycles. The highest BCUT2D eigenvalue weighted by Gasteiger charge is 1.99. The molecule has 0 spiro atoms. The summed E-state index contributed by atoms with van der Waals surface area (Å²) in [5, 5.41) is 6.44. The third kappa shape index (κ3) is 7.15. The molecule has 1 aromatic rings. The van der Waals surface area contributed by atoms with Crippen molar-refractivity contribution in [3.8, 4) is 0 Å². The summed E-state index contributed by atoms with van der Waals surface area (Å²) in [5.41, 5.74) is 2.17. The van der Waals surface area contributed by atoms with Crippen LogP contribution in [0.2, 0.25) is 0 Å². The molecule has 5 heteroatoms. The first-order valence-electron chi connectivity index (χ1n) is 6.31. The Morgan fingerprint density at radius 2 is 2.26 bits per heavy atom. The van der Waals surface area contributed by atoms with Gasteiger partial charge in [0.25, 0.3) is 0 Å². The average Bonchev–Trinajstić information content (AvgIpc) is 2.39. The lowest BCUT2D eigenvalue weighted by molar-refractivity contribution is 0.791. The summed E-state index contributed by atoms with van der Waals surface area (Å²) >= 11 is 0. The second kappa shape index (κ2) is 10.8. The highest BCUT2D eigenvalue weighted by Crippen LogP contribution is 2.04. The number of nitrogens with one attached hydrogen (secondary N) is 2. The zero-order valence-corrected chi connectivity index (χ0v) is 14.0. The summed E-state index contributed by atoms with van der Waals surface area (Å²) in [4.78, 5) is 8.84. The quantitative estimate of drug-likeness (QED) is 0.348. The van der Waals surface area contributed by atoms with E-state index in [0.717, 1.165) is 24.6 Å². The standard InChI is InChI=1S/C14H22N4.HI/c1-4-8-16-14(17-9-5-2)18-11-13-12(3)7-6-10-15-13;/h4,6-7,10H,1,5,8-9,11H2,2-3H3,(H2,16,17,18);1H. The predicted octanol–water partition coefficient (Wildman–Crippen LogP) is 2.64. The molecule has 0 radical (unpaired) electrons. The molecule has 106 valence electrons. The summed E-state index contributed by atoms with van der Waals surface area (Å²) in [6.45, 7) is 10.1. The number of aromatic nitrogens is 1. The van der Waals surface area contributed by atoms with Gasteiger partial charge in [-0.3, -0.25) is 4.98 Å². The molecular weight excluding hydrogens is 351 g/mol. The van der Waals surface area contributed by atoms with Crippen molar-refractivity contribution < 1.29 is 0 Å². The molecule has 1 rings (SSSR count). The van der Waals surface area contributed by atoms with Crippen molar-refractivity contribution in [3.63, 3.8) is 0 Å². The lowest BCUT2D eigenvalue weighted by atomic mass is 10.2. The maximum atomic E-state index is 4.51. The van der Waals surface area contributed by atoms with Crippen LogP contribution < -0.4 is 10.6 Å². The minimum absolute atomic E-state index is 0. The molecule has 0 saturated heterocycles. The lowest BCUT2D eigenvalue weighted by Gasteiger charge is -2.10. The third-order valence-corrected chi connectivity index (χ3v) is 2.46. The van der Waals surface area contributed by atoms with Crippen LogP contribution in [-0.4, -0.2) is 24.0 Å². The van der Waals surface area contributed by atoms with Crippen LogP contribution >= 0.6 is 24.0 Å². The van der Waals surface area contributed by atoms with E-state index in [1.54, 1.807) is 6.20 Å². The lowest BCUT2D eigenvalue weighted by Crippen LogP contribution is -2.37. The number of pyridine rings is 1. The minimum atomic E-state index is 0. The molecule has 0 aliphatic rings. The highest BCUT2D eigenvalue weighted by molar-refractivity contribution is 14.0. The fourth-order valence-corrected chi connectivity index (χ4v) is 1.42. The molecule has 0 bridgehead atoms. The predicted molar refractivity (Wildman–Crippen MR) is 92.0 cm³/mol. The van der Waals surface area contributed by atoms with Gasteiger partial charge in [-0.15, -0.1) is 30.6 Å². The van der Waals surface area contributed by atoms with Crippen molar-refractivity contribution in [2.75, 3.05) is 13.1 Å². The van der Waals surface area contributed by atoms with Gasteiger partial charge in [0.05, 0.1) is 12.2 Å². The largest absolute Gasteiger partial charge is 0.356 e. The normalized spacial score (nSPS) is 10.5. The van der Waals surface area contributed by atoms with Crippen molar-refractivity contribution in [2.24, 2.45) is 4.99 Å². The van der Waals surface area contributed by atoms with Gasteiger partial charge in [0.15, 0.2) is 5.96 Å². The van der Waals surface area contributed by atoms with E-state index in [1.165, 1.54) is 5.56 Å². The Morgan fingerprint density at radius 1 is 1.47 bits per heavy atom. The molecule has 0 saturated carbocycles. The summed E-state index contributed by atoms with van der Waals surface area (Å²) in [6.07, 6.45) is 4.68. The number of hydrogen-bond donors (Lipinski definition) is 2.